The van der Waals surface area contributed by atoms with Gasteiger partial charge in [-0.2, -0.15) is 0 Å². The molecule has 1 aliphatic rings. The Bertz CT molecular complexity index is 1100. The van der Waals surface area contributed by atoms with Crippen molar-refractivity contribution in [1.29, 1.82) is 0 Å². The van der Waals surface area contributed by atoms with Crippen LogP contribution in [0.5, 0.6) is 0 Å². The largest absolute Gasteiger partial charge is 0.348 e. The Morgan fingerprint density at radius 3 is 2.35 bits per heavy atom. The molecular weight excluding hydrogens is 410 g/mol. The van der Waals surface area contributed by atoms with E-state index in [9.17, 15) is 9.59 Å². The number of aromatic nitrogens is 1. The van der Waals surface area contributed by atoms with E-state index in [1.54, 1.807) is 18.3 Å². The maximum atomic E-state index is 12.6. The molecule has 1 aliphatic heterocycles. The molecule has 2 heterocycles. The number of rotatable bonds is 7. The highest BCUT2D eigenvalue weighted by atomic mass is 35.5. The van der Waals surface area contributed by atoms with Crippen molar-refractivity contribution < 1.29 is 4.79 Å². The normalized spacial score (nSPS) is 14.0. The summed E-state index contributed by atoms with van der Waals surface area (Å²) in [6, 6.07) is 18.7. The molecule has 1 aromatic heterocycles. The van der Waals surface area contributed by atoms with Crippen molar-refractivity contribution in [3.63, 3.8) is 0 Å². The molecule has 0 radical (unpaired) electrons. The van der Waals surface area contributed by atoms with E-state index in [4.69, 9.17) is 11.6 Å². The summed E-state index contributed by atoms with van der Waals surface area (Å²) in [4.78, 5) is 27.3. The molecule has 1 N–H and O–H groups in total. The number of halogens is 1. The second-order valence-electron chi connectivity index (χ2n) is 7.96. The predicted octanol–water partition coefficient (Wildman–Crippen LogP) is 4.08. The van der Waals surface area contributed by atoms with Crippen LogP contribution in [-0.4, -0.2) is 28.5 Å². The molecule has 0 bridgehead atoms. The fraction of sp³-hybridized carbons (Fsp3) is 0.280. The van der Waals surface area contributed by atoms with E-state index in [1.165, 1.54) is 42.1 Å². The second-order valence-corrected chi connectivity index (χ2v) is 8.36. The average molecular weight is 436 g/mol. The van der Waals surface area contributed by atoms with Crippen molar-refractivity contribution in [3.05, 3.63) is 104 Å². The molecule has 0 unspecified atom stereocenters. The first-order valence-electron chi connectivity index (χ1n) is 10.6. The Kier molecular flexibility index (Phi) is 6.85. The van der Waals surface area contributed by atoms with Gasteiger partial charge in [0.1, 0.15) is 0 Å². The highest BCUT2D eigenvalue weighted by Crippen LogP contribution is 2.16. The van der Waals surface area contributed by atoms with Crippen LogP contribution in [-0.2, 0) is 19.6 Å². The van der Waals surface area contributed by atoms with E-state index >= 15 is 0 Å². The SMILES string of the molecule is O=C(NCc1ccc(CN2CCCC2)cc1)c1ccc(=O)n(Cc2ccccc2Cl)c1. The smallest absolute Gasteiger partial charge is 0.253 e. The van der Waals surface area contributed by atoms with Crippen molar-refractivity contribution in [3.8, 4) is 0 Å². The van der Waals surface area contributed by atoms with Crippen molar-refractivity contribution >= 4 is 17.5 Å². The summed E-state index contributed by atoms with van der Waals surface area (Å²) in [5, 5.41) is 3.53. The molecule has 160 valence electrons. The lowest BCUT2D eigenvalue weighted by Gasteiger charge is -2.14. The lowest BCUT2D eigenvalue weighted by atomic mass is 10.1. The van der Waals surface area contributed by atoms with Crippen molar-refractivity contribution in [2.24, 2.45) is 0 Å². The number of hydrogen-bond acceptors (Lipinski definition) is 3. The molecule has 1 amide bonds. The summed E-state index contributed by atoms with van der Waals surface area (Å²) in [6.07, 6.45) is 4.16. The molecule has 0 atom stereocenters. The second kappa shape index (κ2) is 9.94. The first-order chi connectivity index (χ1) is 15.1. The highest BCUT2D eigenvalue weighted by Gasteiger charge is 2.12. The van der Waals surface area contributed by atoms with Crippen LogP contribution >= 0.6 is 11.6 Å². The number of carbonyl (C=O) groups excluding carboxylic acids is 1. The van der Waals surface area contributed by atoms with Gasteiger partial charge in [-0.25, -0.2) is 0 Å². The van der Waals surface area contributed by atoms with Gasteiger partial charge in [0, 0.05) is 30.4 Å². The van der Waals surface area contributed by atoms with Crippen LogP contribution in [0.25, 0.3) is 0 Å². The minimum absolute atomic E-state index is 0.176. The Hall–Kier alpha value is -2.89. The molecule has 3 aromatic rings. The van der Waals surface area contributed by atoms with Crippen molar-refractivity contribution in [2.45, 2.75) is 32.5 Å². The molecule has 0 aliphatic carbocycles. The zero-order chi connectivity index (χ0) is 21.6. The summed E-state index contributed by atoms with van der Waals surface area (Å²) in [7, 11) is 0. The number of hydrogen-bond donors (Lipinski definition) is 1. The lowest BCUT2D eigenvalue weighted by molar-refractivity contribution is 0.0950. The molecule has 1 fully saturated rings. The maximum absolute atomic E-state index is 12.6. The zero-order valence-electron chi connectivity index (χ0n) is 17.4. The van der Waals surface area contributed by atoms with Crippen LogP contribution < -0.4 is 10.9 Å². The quantitative estimate of drug-likeness (QED) is 0.608. The van der Waals surface area contributed by atoms with Crippen LogP contribution in [0.3, 0.4) is 0 Å². The number of benzene rings is 2. The number of amides is 1. The van der Waals surface area contributed by atoms with Gasteiger partial charge >= 0.3 is 0 Å². The molecular formula is C25H26ClN3O2. The van der Waals surface area contributed by atoms with E-state index in [0.717, 1.165) is 17.7 Å². The molecule has 1 saturated heterocycles. The first kappa shape index (κ1) is 21.3. The molecule has 6 heteroatoms. The topological polar surface area (TPSA) is 54.3 Å². The fourth-order valence-electron chi connectivity index (χ4n) is 3.85. The molecule has 31 heavy (non-hydrogen) atoms. The number of pyridine rings is 1. The van der Waals surface area contributed by atoms with Gasteiger partial charge in [0.05, 0.1) is 12.1 Å². The third-order valence-electron chi connectivity index (χ3n) is 5.63. The first-order valence-corrected chi connectivity index (χ1v) is 11.0. The van der Waals surface area contributed by atoms with E-state index in [0.29, 0.717) is 23.7 Å². The lowest BCUT2D eigenvalue weighted by Crippen LogP contribution is -2.26. The summed E-state index contributed by atoms with van der Waals surface area (Å²) < 4.78 is 1.50. The van der Waals surface area contributed by atoms with Gasteiger partial charge in [-0.1, -0.05) is 54.1 Å². The van der Waals surface area contributed by atoms with Gasteiger partial charge < -0.3 is 9.88 Å². The van der Waals surface area contributed by atoms with E-state index in [2.05, 4.69) is 34.5 Å². The van der Waals surface area contributed by atoms with Crippen LogP contribution in [0, 0.1) is 0 Å². The van der Waals surface area contributed by atoms with Crippen LogP contribution in [0.15, 0.2) is 71.7 Å². The molecule has 5 nitrogen and oxygen atoms in total. The van der Waals surface area contributed by atoms with Crippen LogP contribution in [0.4, 0.5) is 0 Å². The average Bonchev–Trinajstić information content (AvgIpc) is 3.29. The summed E-state index contributed by atoms with van der Waals surface area (Å²) in [5.41, 5.74) is 3.44. The summed E-state index contributed by atoms with van der Waals surface area (Å²) in [5.74, 6) is -0.214. The summed E-state index contributed by atoms with van der Waals surface area (Å²) >= 11 is 6.21. The van der Waals surface area contributed by atoms with Crippen LogP contribution in [0.1, 0.15) is 39.9 Å². The highest BCUT2D eigenvalue weighted by molar-refractivity contribution is 6.31. The molecule has 0 spiro atoms. The number of likely N-dealkylation sites (tertiary alicyclic amines) is 1. The Labute approximate surface area is 187 Å². The van der Waals surface area contributed by atoms with Gasteiger partial charge in [-0.3, -0.25) is 14.5 Å². The maximum Gasteiger partial charge on any atom is 0.253 e. The zero-order valence-corrected chi connectivity index (χ0v) is 18.1. The number of carbonyl (C=O) groups is 1. The van der Waals surface area contributed by atoms with Crippen molar-refractivity contribution in [1.82, 2.24) is 14.8 Å². The third-order valence-corrected chi connectivity index (χ3v) is 5.99. The standard InChI is InChI=1S/C25H26ClN3O2/c26-23-6-2-1-5-21(23)17-29-18-22(11-12-24(29)30)25(31)27-15-19-7-9-20(10-8-19)16-28-13-3-4-14-28/h1-2,5-12,18H,3-4,13-17H2,(H,27,31). The fourth-order valence-corrected chi connectivity index (χ4v) is 4.04. The predicted molar refractivity (Wildman–Crippen MR) is 123 cm³/mol. The minimum Gasteiger partial charge on any atom is -0.348 e. The van der Waals surface area contributed by atoms with Gasteiger partial charge in [0.25, 0.3) is 11.5 Å². The van der Waals surface area contributed by atoms with E-state index in [1.807, 2.05) is 18.2 Å². The third kappa shape index (κ3) is 5.63. The van der Waals surface area contributed by atoms with Gasteiger partial charge in [0.2, 0.25) is 0 Å². The van der Waals surface area contributed by atoms with Gasteiger partial charge in [-0.05, 0) is 54.8 Å². The number of nitrogens with zero attached hydrogens (tertiary/aromatic N) is 2. The molecule has 4 rings (SSSR count). The van der Waals surface area contributed by atoms with E-state index < -0.39 is 0 Å². The van der Waals surface area contributed by atoms with E-state index in [-0.39, 0.29) is 11.5 Å². The van der Waals surface area contributed by atoms with Gasteiger partial charge in [0.15, 0.2) is 0 Å². The summed E-state index contributed by atoms with van der Waals surface area (Å²) in [6.45, 7) is 4.09. The Morgan fingerprint density at radius 2 is 1.61 bits per heavy atom. The Balaban J connectivity index is 1.37. The number of nitrogens with one attached hydrogen (secondary N) is 1. The minimum atomic E-state index is -0.214. The van der Waals surface area contributed by atoms with Gasteiger partial charge in [-0.15, -0.1) is 0 Å². The monoisotopic (exact) mass is 435 g/mol. The molecule has 2 aromatic carbocycles. The molecule has 0 saturated carbocycles. The van der Waals surface area contributed by atoms with Crippen molar-refractivity contribution in [2.75, 3.05) is 13.1 Å². The Morgan fingerprint density at radius 1 is 0.903 bits per heavy atom. The van der Waals surface area contributed by atoms with Crippen LogP contribution in [0.2, 0.25) is 5.02 Å².